The quantitative estimate of drug-likeness (QED) is 0.774. The van der Waals surface area contributed by atoms with Crippen LogP contribution in [-0.4, -0.2) is 21.1 Å². The van der Waals surface area contributed by atoms with Crippen molar-refractivity contribution >= 4 is 41.8 Å². The van der Waals surface area contributed by atoms with E-state index in [0.29, 0.717) is 5.69 Å². The van der Waals surface area contributed by atoms with Crippen molar-refractivity contribution in [2.24, 2.45) is 0 Å². The van der Waals surface area contributed by atoms with Gasteiger partial charge in [0, 0.05) is 25.1 Å². The number of fused-ring (bicyclic) bond motifs is 1. The number of hydrogen-bond donors (Lipinski definition) is 2. The van der Waals surface area contributed by atoms with Gasteiger partial charge in [-0.25, -0.2) is 4.52 Å². The van der Waals surface area contributed by atoms with E-state index in [1.165, 1.54) is 5.56 Å². The van der Waals surface area contributed by atoms with Crippen LogP contribution in [0.4, 0.5) is 11.5 Å². The molecular formula is C14H17Cl2N5. The Morgan fingerprint density at radius 3 is 2.71 bits per heavy atom. The molecule has 3 rings (SSSR count). The minimum Gasteiger partial charge on any atom is -0.394 e. The Morgan fingerprint density at radius 2 is 2.00 bits per heavy atom. The molecule has 112 valence electrons. The van der Waals surface area contributed by atoms with Gasteiger partial charge in [0.15, 0.2) is 5.82 Å². The van der Waals surface area contributed by atoms with Crippen LogP contribution < -0.4 is 11.1 Å². The third-order valence-corrected chi connectivity index (χ3v) is 3.01. The molecule has 0 aliphatic heterocycles. The summed E-state index contributed by atoms with van der Waals surface area (Å²) in [5, 5.41) is 7.67. The van der Waals surface area contributed by atoms with E-state index in [4.69, 9.17) is 5.73 Å². The molecule has 0 aliphatic rings. The molecule has 0 aliphatic carbocycles. The third kappa shape index (κ3) is 3.77. The second-order valence-corrected chi connectivity index (χ2v) is 4.33. The molecule has 5 nitrogen and oxygen atoms in total. The minimum absolute atomic E-state index is 0. The average Bonchev–Trinajstić information content (AvgIpc) is 2.78. The lowest BCUT2D eigenvalue weighted by atomic mass is 10.2. The fourth-order valence-corrected chi connectivity index (χ4v) is 2.02. The van der Waals surface area contributed by atoms with Gasteiger partial charge in [-0.05, 0) is 30.2 Å². The first-order chi connectivity index (χ1) is 9.34. The first-order valence-corrected chi connectivity index (χ1v) is 6.20. The van der Waals surface area contributed by atoms with Crippen LogP contribution in [0.25, 0.3) is 5.52 Å². The molecule has 7 heteroatoms. The van der Waals surface area contributed by atoms with Crippen LogP contribution in [0.2, 0.25) is 0 Å². The van der Waals surface area contributed by atoms with Gasteiger partial charge in [0.1, 0.15) is 5.69 Å². The van der Waals surface area contributed by atoms with Gasteiger partial charge >= 0.3 is 0 Å². The Morgan fingerprint density at radius 1 is 1.14 bits per heavy atom. The van der Waals surface area contributed by atoms with Crippen LogP contribution in [0.5, 0.6) is 0 Å². The molecule has 0 saturated carbocycles. The minimum atomic E-state index is 0. The number of nitrogens with two attached hydrogens (primary N) is 1. The molecule has 3 aromatic heterocycles. The Hall–Kier alpha value is -1.98. The Bertz CT molecular complexity index is 684. The maximum absolute atomic E-state index is 6.06. The summed E-state index contributed by atoms with van der Waals surface area (Å²) in [5.74, 6) is 0.732. The number of nitrogens with zero attached hydrogens (tertiary/aromatic N) is 3. The van der Waals surface area contributed by atoms with Crippen molar-refractivity contribution < 1.29 is 0 Å². The average molecular weight is 326 g/mol. The van der Waals surface area contributed by atoms with Crippen molar-refractivity contribution in [3.05, 3.63) is 54.5 Å². The summed E-state index contributed by atoms with van der Waals surface area (Å²) >= 11 is 0. The summed E-state index contributed by atoms with van der Waals surface area (Å²) < 4.78 is 1.78. The van der Waals surface area contributed by atoms with E-state index < -0.39 is 0 Å². The molecule has 3 aromatic rings. The normalized spacial score (nSPS) is 9.71. The summed E-state index contributed by atoms with van der Waals surface area (Å²) in [4.78, 5) is 4.09. The van der Waals surface area contributed by atoms with Gasteiger partial charge in [0.05, 0.1) is 5.52 Å². The number of pyridine rings is 2. The second-order valence-electron chi connectivity index (χ2n) is 4.33. The maximum Gasteiger partial charge on any atom is 0.172 e. The first kappa shape index (κ1) is 17.1. The highest BCUT2D eigenvalue weighted by Crippen LogP contribution is 2.22. The number of nitrogen functional groups attached to an aromatic ring is 1. The van der Waals surface area contributed by atoms with Gasteiger partial charge in [0.25, 0.3) is 0 Å². The van der Waals surface area contributed by atoms with Crippen LogP contribution in [-0.2, 0) is 6.42 Å². The number of hydrogen-bond acceptors (Lipinski definition) is 4. The van der Waals surface area contributed by atoms with Crippen molar-refractivity contribution in [2.75, 3.05) is 17.6 Å². The molecule has 0 fully saturated rings. The van der Waals surface area contributed by atoms with Gasteiger partial charge in [0.2, 0.25) is 0 Å². The molecule has 0 aromatic carbocycles. The molecule has 0 atom stereocenters. The second kappa shape index (κ2) is 7.71. The van der Waals surface area contributed by atoms with Crippen molar-refractivity contribution in [3.63, 3.8) is 0 Å². The van der Waals surface area contributed by atoms with E-state index in [2.05, 4.69) is 21.5 Å². The largest absolute Gasteiger partial charge is 0.394 e. The predicted octanol–water partition coefficient (Wildman–Crippen LogP) is 2.81. The lowest BCUT2D eigenvalue weighted by Crippen LogP contribution is -2.07. The molecule has 0 unspecified atom stereocenters. The Balaban J connectivity index is 0.00000110. The van der Waals surface area contributed by atoms with E-state index in [9.17, 15) is 0 Å². The van der Waals surface area contributed by atoms with Crippen LogP contribution in [0, 0.1) is 0 Å². The first-order valence-electron chi connectivity index (χ1n) is 6.20. The van der Waals surface area contributed by atoms with Crippen molar-refractivity contribution in [2.45, 2.75) is 6.42 Å². The smallest absolute Gasteiger partial charge is 0.172 e. The van der Waals surface area contributed by atoms with Crippen LogP contribution in [0.1, 0.15) is 5.56 Å². The standard InChI is InChI=1S/C14H15N5.2ClH/c15-13-12-5-1-2-9-19(12)18-14(13)17-8-6-11-4-3-7-16-10-11;;/h1-5,7,9-10H,6,8,15H2,(H,17,18);2*1H. The molecule has 21 heavy (non-hydrogen) atoms. The van der Waals surface area contributed by atoms with Gasteiger partial charge in [-0.15, -0.1) is 29.9 Å². The summed E-state index contributed by atoms with van der Waals surface area (Å²) in [5.41, 5.74) is 8.86. The van der Waals surface area contributed by atoms with Crippen molar-refractivity contribution in [1.29, 1.82) is 0 Å². The van der Waals surface area contributed by atoms with Crippen LogP contribution >= 0.6 is 24.8 Å². The van der Waals surface area contributed by atoms with E-state index in [1.807, 2.05) is 36.7 Å². The monoisotopic (exact) mass is 325 g/mol. The molecule has 3 N–H and O–H groups in total. The maximum atomic E-state index is 6.06. The topological polar surface area (TPSA) is 68.2 Å². The van der Waals surface area contributed by atoms with Gasteiger partial charge in [-0.3, -0.25) is 4.98 Å². The fourth-order valence-electron chi connectivity index (χ4n) is 2.02. The summed E-state index contributed by atoms with van der Waals surface area (Å²) in [6, 6.07) is 9.83. The van der Waals surface area contributed by atoms with Crippen LogP contribution in [0.15, 0.2) is 48.9 Å². The molecule has 0 radical (unpaired) electrons. The highest BCUT2D eigenvalue weighted by Gasteiger charge is 2.07. The van der Waals surface area contributed by atoms with Crippen molar-refractivity contribution in [3.8, 4) is 0 Å². The van der Waals surface area contributed by atoms with E-state index in [0.717, 1.165) is 24.3 Å². The third-order valence-electron chi connectivity index (χ3n) is 3.01. The van der Waals surface area contributed by atoms with E-state index >= 15 is 0 Å². The highest BCUT2D eigenvalue weighted by atomic mass is 35.5. The zero-order chi connectivity index (χ0) is 13.1. The summed E-state index contributed by atoms with van der Waals surface area (Å²) in [7, 11) is 0. The zero-order valence-electron chi connectivity index (χ0n) is 11.3. The van der Waals surface area contributed by atoms with E-state index in [-0.39, 0.29) is 24.8 Å². The number of nitrogens with one attached hydrogen (secondary N) is 1. The van der Waals surface area contributed by atoms with Crippen molar-refractivity contribution in [1.82, 2.24) is 14.6 Å². The molecule has 0 bridgehead atoms. The SMILES string of the molecule is Cl.Cl.Nc1c(NCCc2cccnc2)nn2ccccc12. The highest BCUT2D eigenvalue weighted by molar-refractivity contribution is 5.85. The molecule has 0 amide bonds. The van der Waals surface area contributed by atoms with Gasteiger partial charge in [-0.2, -0.15) is 0 Å². The van der Waals surface area contributed by atoms with Gasteiger partial charge < -0.3 is 11.1 Å². The van der Waals surface area contributed by atoms with Crippen LogP contribution in [0.3, 0.4) is 0 Å². The molecule has 0 saturated heterocycles. The molecular weight excluding hydrogens is 309 g/mol. The van der Waals surface area contributed by atoms with E-state index in [1.54, 1.807) is 10.7 Å². The summed E-state index contributed by atoms with van der Waals surface area (Å²) in [6.45, 7) is 0.778. The zero-order valence-corrected chi connectivity index (χ0v) is 12.9. The molecule has 0 spiro atoms. The summed E-state index contributed by atoms with van der Waals surface area (Å²) in [6.07, 6.45) is 6.42. The van der Waals surface area contributed by atoms with Gasteiger partial charge in [-0.1, -0.05) is 12.1 Å². The molecule has 3 heterocycles. The fraction of sp³-hybridized carbons (Fsp3) is 0.143. The number of aromatic nitrogens is 3. The Labute approximate surface area is 135 Å². The number of anilines is 2. The number of rotatable bonds is 4. The number of halogens is 2. The predicted molar refractivity (Wildman–Crippen MR) is 90.5 cm³/mol. The lowest BCUT2D eigenvalue weighted by molar-refractivity contribution is 0.937. The lowest BCUT2D eigenvalue weighted by Gasteiger charge is -2.03. The Kier molecular flexibility index (Phi) is 6.27.